The van der Waals surface area contributed by atoms with Crippen molar-refractivity contribution in [2.75, 3.05) is 13.1 Å². The molecular formula is C19H34IN5O. The van der Waals surface area contributed by atoms with Gasteiger partial charge in [0.05, 0.1) is 17.8 Å². The minimum atomic E-state index is -0.599. The first kappa shape index (κ1) is 21.5. The van der Waals surface area contributed by atoms with Crippen LogP contribution in [0, 0.1) is 0 Å². The molecule has 1 atom stereocenters. The van der Waals surface area contributed by atoms with Crippen molar-refractivity contribution in [1.29, 1.82) is 0 Å². The summed E-state index contributed by atoms with van der Waals surface area (Å²) in [7, 11) is 0. The zero-order valence-corrected chi connectivity index (χ0v) is 18.6. The van der Waals surface area contributed by atoms with Crippen LogP contribution in [-0.4, -0.2) is 45.6 Å². The van der Waals surface area contributed by atoms with Crippen molar-refractivity contribution in [2.24, 2.45) is 4.99 Å². The molecule has 0 spiro atoms. The smallest absolute Gasteiger partial charge is 0.191 e. The van der Waals surface area contributed by atoms with Gasteiger partial charge in [0.2, 0.25) is 0 Å². The van der Waals surface area contributed by atoms with E-state index in [0.29, 0.717) is 18.6 Å². The van der Waals surface area contributed by atoms with E-state index in [1.165, 1.54) is 11.3 Å². The Morgan fingerprint density at radius 1 is 1.42 bits per heavy atom. The number of nitrogens with one attached hydrogen (secondary N) is 2. The summed E-state index contributed by atoms with van der Waals surface area (Å²) in [6.45, 7) is 7.72. The summed E-state index contributed by atoms with van der Waals surface area (Å²) in [5.74, 6) is 0.819. The number of hydrogen-bond donors (Lipinski definition) is 3. The molecule has 2 aliphatic rings. The number of rotatable bonds is 5. The van der Waals surface area contributed by atoms with Crippen molar-refractivity contribution in [2.45, 2.75) is 83.4 Å². The summed E-state index contributed by atoms with van der Waals surface area (Å²) in [5.41, 5.74) is 2.00. The molecule has 148 valence electrons. The fourth-order valence-electron chi connectivity index (χ4n) is 3.83. The molecule has 0 amide bonds. The largest absolute Gasteiger partial charge is 0.388 e. The van der Waals surface area contributed by atoms with Crippen LogP contribution in [0.4, 0.5) is 0 Å². The van der Waals surface area contributed by atoms with Crippen LogP contribution in [0.5, 0.6) is 0 Å². The Bertz CT molecular complexity index is 607. The lowest BCUT2D eigenvalue weighted by molar-refractivity contribution is 0.0574. The number of aliphatic imine (C=N–C) groups is 1. The van der Waals surface area contributed by atoms with Gasteiger partial charge in [-0.1, -0.05) is 12.8 Å². The van der Waals surface area contributed by atoms with E-state index in [4.69, 9.17) is 5.10 Å². The van der Waals surface area contributed by atoms with Crippen LogP contribution >= 0.6 is 24.0 Å². The van der Waals surface area contributed by atoms with E-state index in [2.05, 4.69) is 47.3 Å². The van der Waals surface area contributed by atoms with Gasteiger partial charge in [-0.25, -0.2) is 0 Å². The van der Waals surface area contributed by atoms with Crippen molar-refractivity contribution in [3.05, 3.63) is 17.5 Å². The van der Waals surface area contributed by atoms with Crippen molar-refractivity contribution in [3.8, 4) is 0 Å². The Morgan fingerprint density at radius 2 is 2.15 bits per heavy atom. The van der Waals surface area contributed by atoms with E-state index < -0.39 is 5.60 Å². The maximum Gasteiger partial charge on any atom is 0.191 e. The molecule has 1 aromatic heterocycles. The predicted octanol–water partition coefficient (Wildman–Crippen LogP) is 2.80. The van der Waals surface area contributed by atoms with E-state index in [1.807, 2.05) is 0 Å². The first-order valence-electron chi connectivity index (χ1n) is 9.83. The molecule has 1 unspecified atom stereocenters. The van der Waals surface area contributed by atoms with E-state index in [1.54, 1.807) is 0 Å². The first-order valence-corrected chi connectivity index (χ1v) is 9.83. The van der Waals surface area contributed by atoms with Gasteiger partial charge in [-0.15, -0.1) is 24.0 Å². The third-order valence-electron chi connectivity index (χ3n) is 5.38. The number of aromatic nitrogens is 2. The van der Waals surface area contributed by atoms with Crippen LogP contribution in [0.1, 0.15) is 70.2 Å². The van der Waals surface area contributed by atoms with Crippen molar-refractivity contribution < 1.29 is 5.11 Å². The molecule has 26 heavy (non-hydrogen) atoms. The van der Waals surface area contributed by atoms with E-state index in [0.717, 1.165) is 57.5 Å². The fraction of sp³-hybridized carbons (Fsp3) is 0.789. The topological polar surface area (TPSA) is 74.5 Å². The molecule has 2 aliphatic carbocycles. The van der Waals surface area contributed by atoms with Gasteiger partial charge in [-0.05, 0) is 52.0 Å². The summed E-state index contributed by atoms with van der Waals surface area (Å²) in [6, 6.07) is 0.752. The summed E-state index contributed by atoms with van der Waals surface area (Å²) in [5, 5.41) is 22.2. The second kappa shape index (κ2) is 9.39. The van der Waals surface area contributed by atoms with Gasteiger partial charge in [0.25, 0.3) is 0 Å². The molecular weight excluding hydrogens is 441 g/mol. The number of halogens is 1. The highest BCUT2D eigenvalue weighted by atomic mass is 127. The lowest BCUT2D eigenvalue weighted by atomic mass is 9.94. The van der Waals surface area contributed by atoms with E-state index in [-0.39, 0.29) is 24.0 Å². The van der Waals surface area contributed by atoms with Crippen LogP contribution in [-0.2, 0) is 12.8 Å². The number of nitrogens with zero attached hydrogens (tertiary/aromatic N) is 3. The Balaban J connectivity index is 0.00000243. The number of aliphatic hydroxyl groups is 1. The molecule has 0 radical (unpaired) electrons. The minimum absolute atomic E-state index is 0. The monoisotopic (exact) mass is 475 g/mol. The predicted molar refractivity (Wildman–Crippen MR) is 116 cm³/mol. The SMILES string of the molecule is CCNC(=NCC1(O)CCCC1)NC1CCc2cn(C(C)C)nc2C1.I. The standard InChI is InChI=1S/C19H33N5O.HI/c1-4-20-18(21-13-19(25)9-5-6-10-19)22-16-8-7-15-12-24(14(2)3)23-17(15)11-16;/h12,14,16,25H,4-11,13H2,1-3H3,(H2,20,21,22);1H. The number of hydrogen-bond acceptors (Lipinski definition) is 3. The molecule has 1 fully saturated rings. The number of aryl methyl sites for hydroxylation is 1. The maximum absolute atomic E-state index is 10.5. The van der Waals surface area contributed by atoms with Crippen LogP contribution in [0.15, 0.2) is 11.2 Å². The Morgan fingerprint density at radius 3 is 2.81 bits per heavy atom. The summed E-state index contributed by atoms with van der Waals surface area (Å²) in [6.07, 6.45) is 9.24. The van der Waals surface area contributed by atoms with Gasteiger partial charge < -0.3 is 15.7 Å². The average Bonchev–Trinajstić information content (AvgIpc) is 3.19. The van der Waals surface area contributed by atoms with Gasteiger partial charge in [0.15, 0.2) is 5.96 Å². The van der Waals surface area contributed by atoms with E-state index in [9.17, 15) is 5.11 Å². The van der Waals surface area contributed by atoms with Crippen LogP contribution in [0.25, 0.3) is 0 Å². The lowest BCUT2D eigenvalue weighted by Crippen LogP contribution is -2.46. The number of guanidine groups is 1. The van der Waals surface area contributed by atoms with Crippen molar-refractivity contribution in [3.63, 3.8) is 0 Å². The zero-order valence-electron chi connectivity index (χ0n) is 16.3. The molecule has 0 aromatic carbocycles. The highest BCUT2D eigenvalue weighted by Gasteiger charge is 2.31. The fourth-order valence-corrected chi connectivity index (χ4v) is 3.83. The maximum atomic E-state index is 10.5. The highest BCUT2D eigenvalue weighted by molar-refractivity contribution is 14.0. The summed E-state index contributed by atoms with van der Waals surface area (Å²) < 4.78 is 2.07. The number of fused-ring (bicyclic) bond motifs is 1. The second-order valence-electron chi connectivity index (χ2n) is 7.89. The van der Waals surface area contributed by atoms with Gasteiger partial charge in [0.1, 0.15) is 0 Å². The molecule has 1 aromatic rings. The molecule has 0 saturated heterocycles. The van der Waals surface area contributed by atoms with Crippen molar-refractivity contribution >= 4 is 29.9 Å². The molecule has 1 saturated carbocycles. The summed E-state index contributed by atoms with van der Waals surface area (Å²) in [4.78, 5) is 4.67. The molecule has 3 N–H and O–H groups in total. The molecule has 7 heteroatoms. The molecule has 3 rings (SSSR count). The molecule has 1 heterocycles. The first-order chi connectivity index (χ1) is 12.0. The van der Waals surface area contributed by atoms with Crippen LogP contribution in [0.2, 0.25) is 0 Å². The zero-order chi connectivity index (χ0) is 17.9. The normalized spacial score (nSPS) is 22.0. The van der Waals surface area contributed by atoms with Gasteiger partial charge >= 0.3 is 0 Å². The third-order valence-corrected chi connectivity index (χ3v) is 5.38. The Kier molecular flexibility index (Phi) is 7.76. The van der Waals surface area contributed by atoms with Crippen LogP contribution < -0.4 is 10.6 Å². The second-order valence-corrected chi connectivity index (χ2v) is 7.89. The minimum Gasteiger partial charge on any atom is -0.388 e. The molecule has 0 bridgehead atoms. The average molecular weight is 475 g/mol. The van der Waals surface area contributed by atoms with Gasteiger partial charge in [-0.2, -0.15) is 5.10 Å². The van der Waals surface area contributed by atoms with Crippen molar-refractivity contribution in [1.82, 2.24) is 20.4 Å². The highest BCUT2D eigenvalue weighted by Crippen LogP contribution is 2.29. The molecule has 0 aliphatic heterocycles. The third kappa shape index (κ3) is 5.34. The van der Waals surface area contributed by atoms with Gasteiger partial charge in [-0.3, -0.25) is 9.67 Å². The van der Waals surface area contributed by atoms with Crippen LogP contribution in [0.3, 0.4) is 0 Å². The lowest BCUT2D eigenvalue weighted by Gasteiger charge is -2.25. The Labute approximate surface area is 174 Å². The summed E-state index contributed by atoms with van der Waals surface area (Å²) >= 11 is 0. The molecule has 6 nitrogen and oxygen atoms in total. The van der Waals surface area contributed by atoms with Gasteiger partial charge in [0, 0.05) is 31.2 Å². The Hall–Kier alpha value is -0.830. The van der Waals surface area contributed by atoms with E-state index >= 15 is 0 Å². The quantitative estimate of drug-likeness (QED) is 0.348.